The molecule has 0 amide bonds. The van der Waals surface area contributed by atoms with E-state index in [-0.39, 0.29) is 0 Å². The maximum atomic E-state index is 3.56. The lowest BCUT2D eigenvalue weighted by molar-refractivity contribution is 0.424. The zero-order valence-corrected chi connectivity index (χ0v) is 10.2. The van der Waals surface area contributed by atoms with E-state index in [2.05, 4.69) is 56.4 Å². The van der Waals surface area contributed by atoms with E-state index >= 15 is 0 Å². The molecule has 0 aliphatic rings. The number of nitrogens with one attached hydrogen (secondary N) is 1. The van der Waals surface area contributed by atoms with Crippen molar-refractivity contribution in [3.05, 3.63) is 35.9 Å². The molecule has 0 saturated carbocycles. The number of hydrogen-bond donors (Lipinski definition) is 1. The molecule has 1 N–H and O–H groups in total. The topological polar surface area (TPSA) is 12.0 Å². The second kappa shape index (κ2) is 6.62. The summed E-state index contributed by atoms with van der Waals surface area (Å²) in [6.07, 6.45) is 2.40. The molecular weight excluding hydrogens is 182 g/mol. The first-order valence-electron chi connectivity index (χ1n) is 5.99. The van der Waals surface area contributed by atoms with E-state index in [0.717, 1.165) is 18.9 Å². The van der Waals surface area contributed by atoms with Gasteiger partial charge in [-0.15, -0.1) is 0 Å². The van der Waals surface area contributed by atoms with Crippen molar-refractivity contribution in [2.45, 2.75) is 39.7 Å². The maximum absolute atomic E-state index is 3.56. The van der Waals surface area contributed by atoms with Crippen molar-refractivity contribution in [2.24, 2.45) is 5.92 Å². The fourth-order valence-electron chi connectivity index (χ4n) is 2.00. The zero-order chi connectivity index (χ0) is 11.1. The summed E-state index contributed by atoms with van der Waals surface area (Å²) in [5.41, 5.74) is 1.43. The summed E-state index contributed by atoms with van der Waals surface area (Å²) in [5, 5.41) is 3.56. The normalized spacial score (nSPS) is 13.1. The van der Waals surface area contributed by atoms with Crippen LogP contribution >= 0.6 is 0 Å². The molecule has 0 bridgehead atoms. The molecule has 1 aromatic rings. The largest absolute Gasteiger partial charge is 0.314 e. The van der Waals surface area contributed by atoms with Crippen molar-refractivity contribution in [1.82, 2.24) is 5.32 Å². The molecule has 0 saturated heterocycles. The van der Waals surface area contributed by atoms with Crippen molar-refractivity contribution in [2.75, 3.05) is 6.54 Å². The molecule has 0 aliphatic carbocycles. The summed E-state index contributed by atoms with van der Waals surface area (Å²) in [7, 11) is 0. The van der Waals surface area contributed by atoms with E-state index < -0.39 is 0 Å². The highest BCUT2D eigenvalue weighted by Gasteiger charge is 2.09. The van der Waals surface area contributed by atoms with Gasteiger partial charge < -0.3 is 5.32 Å². The average molecular weight is 205 g/mol. The summed E-state index contributed by atoms with van der Waals surface area (Å²) in [5.74, 6) is 0.762. The minimum absolute atomic E-state index is 0.623. The van der Waals surface area contributed by atoms with Crippen LogP contribution in [-0.2, 0) is 6.42 Å². The molecule has 1 aromatic carbocycles. The smallest absolute Gasteiger partial charge is 0.0110 e. The minimum Gasteiger partial charge on any atom is -0.314 e. The van der Waals surface area contributed by atoms with Gasteiger partial charge in [-0.2, -0.15) is 0 Å². The molecule has 1 atom stereocenters. The van der Waals surface area contributed by atoms with Crippen molar-refractivity contribution in [1.29, 1.82) is 0 Å². The van der Waals surface area contributed by atoms with Gasteiger partial charge >= 0.3 is 0 Å². The SMILES string of the molecule is CCN[C@@H](Cc1ccccc1)CC(C)C. The van der Waals surface area contributed by atoms with Crippen molar-refractivity contribution in [3.63, 3.8) is 0 Å². The molecule has 0 fully saturated rings. The van der Waals surface area contributed by atoms with Crippen molar-refractivity contribution >= 4 is 0 Å². The van der Waals surface area contributed by atoms with Gasteiger partial charge in [0, 0.05) is 6.04 Å². The summed E-state index contributed by atoms with van der Waals surface area (Å²) in [6, 6.07) is 11.4. The van der Waals surface area contributed by atoms with Crippen LogP contribution < -0.4 is 5.32 Å². The van der Waals surface area contributed by atoms with Gasteiger partial charge in [0.15, 0.2) is 0 Å². The second-order valence-corrected chi connectivity index (χ2v) is 4.57. The fraction of sp³-hybridized carbons (Fsp3) is 0.571. The molecule has 0 heterocycles. The minimum atomic E-state index is 0.623. The van der Waals surface area contributed by atoms with E-state index in [1.807, 2.05) is 0 Å². The van der Waals surface area contributed by atoms with Gasteiger partial charge in [-0.1, -0.05) is 51.1 Å². The molecule has 0 spiro atoms. The molecule has 0 aliphatic heterocycles. The monoisotopic (exact) mass is 205 g/mol. The van der Waals surface area contributed by atoms with Gasteiger partial charge in [0.2, 0.25) is 0 Å². The van der Waals surface area contributed by atoms with E-state index in [4.69, 9.17) is 0 Å². The van der Waals surface area contributed by atoms with Gasteiger partial charge in [-0.3, -0.25) is 0 Å². The Labute approximate surface area is 93.9 Å². The zero-order valence-electron chi connectivity index (χ0n) is 10.2. The van der Waals surface area contributed by atoms with Crippen LogP contribution in [0.4, 0.5) is 0 Å². The predicted octanol–water partition coefficient (Wildman–Crippen LogP) is 3.25. The van der Waals surface area contributed by atoms with Gasteiger partial charge in [-0.25, -0.2) is 0 Å². The van der Waals surface area contributed by atoms with Crippen LogP contribution in [0.5, 0.6) is 0 Å². The highest BCUT2D eigenvalue weighted by Crippen LogP contribution is 2.10. The Morgan fingerprint density at radius 1 is 1.13 bits per heavy atom. The van der Waals surface area contributed by atoms with Gasteiger partial charge in [0.25, 0.3) is 0 Å². The van der Waals surface area contributed by atoms with Crippen LogP contribution in [0.3, 0.4) is 0 Å². The Hall–Kier alpha value is -0.820. The molecule has 84 valence electrons. The highest BCUT2D eigenvalue weighted by molar-refractivity contribution is 5.15. The Balaban J connectivity index is 2.50. The maximum Gasteiger partial charge on any atom is 0.0110 e. The Morgan fingerprint density at radius 3 is 2.33 bits per heavy atom. The molecule has 1 nitrogen and oxygen atoms in total. The third-order valence-corrected chi connectivity index (χ3v) is 2.57. The Morgan fingerprint density at radius 2 is 1.80 bits per heavy atom. The van der Waals surface area contributed by atoms with Gasteiger partial charge in [-0.05, 0) is 30.9 Å². The quantitative estimate of drug-likeness (QED) is 0.751. The van der Waals surface area contributed by atoms with Crippen molar-refractivity contribution in [3.8, 4) is 0 Å². The highest BCUT2D eigenvalue weighted by atomic mass is 14.9. The predicted molar refractivity (Wildman–Crippen MR) is 67.1 cm³/mol. The summed E-state index contributed by atoms with van der Waals surface area (Å²) < 4.78 is 0. The number of benzene rings is 1. The fourth-order valence-corrected chi connectivity index (χ4v) is 2.00. The summed E-state index contributed by atoms with van der Waals surface area (Å²) in [4.78, 5) is 0. The first-order chi connectivity index (χ1) is 7.22. The van der Waals surface area contributed by atoms with E-state index in [0.29, 0.717) is 6.04 Å². The second-order valence-electron chi connectivity index (χ2n) is 4.57. The Kier molecular flexibility index (Phi) is 5.41. The number of hydrogen-bond acceptors (Lipinski definition) is 1. The first-order valence-corrected chi connectivity index (χ1v) is 5.99. The van der Waals surface area contributed by atoms with Crippen LogP contribution in [0.2, 0.25) is 0 Å². The van der Waals surface area contributed by atoms with Crippen LogP contribution in [-0.4, -0.2) is 12.6 Å². The summed E-state index contributed by atoms with van der Waals surface area (Å²) in [6.45, 7) is 7.81. The lowest BCUT2D eigenvalue weighted by Gasteiger charge is -2.19. The molecule has 0 aromatic heterocycles. The third-order valence-electron chi connectivity index (χ3n) is 2.57. The summed E-state index contributed by atoms with van der Waals surface area (Å²) >= 11 is 0. The lowest BCUT2D eigenvalue weighted by atomic mass is 9.97. The van der Waals surface area contributed by atoms with E-state index in [9.17, 15) is 0 Å². The molecular formula is C14H23N. The average Bonchev–Trinajstić information content (AvgIpc) is 2.18. The van der Waals surface area contributed by atoms with Gasteiger partial charge in [0.1, 0.15) is 0 Å². The Bertz CT molecular complexity index is 253. The first kappa shape index (κ1) is 12.3. The number of rotatable bonds is 6. The van der Waals surface area contributed by atoms with Crippen molar-refractivity contribution < 1.29 is 0 Å². The third kappa shape index (κ3) is 4.98. The van der Waals surface area contributed by atoms with E-state index in [1.54, 1.807) is 0 Å². The van der Waals surface area contributed by atoms with Crippen LogP contribution in [0, 0.1) is 5.92 Å². The molecule has 1 heteroatoms. The van der Waals surface area contributed by atoms with Crippen LogP contribution in [0.1, 0.15) is 32.8 Å². The molecule has 15 heavy (non-hydrogen) atoms. The number of likely N-dealkylation sites (N-methyl/N-ethyl adjacent to an activating group) is 1. The lowest BCUT2D eigenvalue weighted by Crippen LogP contribution is -2.32. The van der Waals surface area contributed by atoms with E-state index in [1.165, 1.54) is 12.0 Å². The molecule has 0 unspecified atom stereocenters. The van der Waals surface area contributed by atoms with Gasteiger partial charge in [0.05, 0.1) is 0 Å². The molecule has 0 radical (unpaired) electrons. The van der Waals surface area contributed by atoms with Crippen LogP contribution in [0.15, 0.2) is 30.3 Å². The molecule has 1 rings (SSSR count). The standard InChI is InChI=1S/C14H23N/c1-4-15-14(10-12(2)3)11-13-8-6-5-7-9-13/h5-9,12,14-15H,4,10-11H2,1-3H3/t14-/m1/s1. The van der Waals surface area contributed by atoms with Crippen LogP contribution in [0.25, 0.3) is 0 Å².